The van der Waals surface area contributed by atoms with Crippen molar-refractivity contribution >= 4 is 5.91 Å². The molecule has 0 aromatic heterocycles. The first-order valence-corrected chi connectivity index (χ1v) is 8.75. The van der Waals surface area contributed by atoms with Crippen molar-refractivity contribution in [1.29, 1.82) is 0 Å². The van der Waals surface area contributed by atoms with E-state index in [1.165, 1.54) is 6.07 Å². The predicted octanol–water partition coefficient (Wildman–Crippen LogP) is 2.75. The SMILES string of the molecule is COC1CCCC(N2CC=CC2)C1CNC(=O)c1ccc(F)c(F)c1. The van der Waals surface area contributed by atoms with Crippen molar-refractivity contribution in [2.24, 2.45) is 5.92 Å². The van der Waals surface area contributed by atoms with E-state index in [2.05, 4.69) is 22.4 Å². The fourth-order valence-corrected chi connectivity index (χ4v) is 3.93. The number of carbonyl (C=O) groups is 1. The van der Waals surface area contributed by atoms with Crippen molar-refractivity contribution in [2.45, 2.75) is 31.4 Å². The molecule has 6 heteroatoms. The number of carbonyl (C=O) groups excluding carboxylic acids is 1. The highest BCUT2D eigenvalue weighted by Crippen LogP contribution is 2.31. The molecule has 1 N–H and O–H groups in total. The average Bonchev–Trinajstić information content (AvgIpc) is 3.16. The molecular formula is C19H24F2N2O2. The van der Waals surface area contributed by atoms with Crippen LogP contribution in [0.1, 0.15) is 29.6 Å². The lowest BCUT2D eigenvalue weighted by molar-refractivity contribution is -0.0184. The highest BCUT2D eigenvalue weighted by molar-refractivity contribution is 5.94. The van der Waals surface area contributed by atoms with Crippen LogP contribution in [0.2, 0.25) is 0 Å². The number of rotatable bonds is 5. The highest BCUT2D eigenvalue weighted by atomic mass is 19.2. The summed E-state index contributed by atoms with van der Waals surface area (Å²) in [6, 6.07) is 3.55. The van der Waals surface area contributed by atoms with Gasteiger partial charge in [0.25, 0.3) is 5.91 Å². The van der Waals surface area contributed by atoms with Crippen molar-refractivity contribution in [3.8, 4) is 0 Å². The molecule has 0 radical (unpaired) electrons. The number of nitrogens with zero attached hydrogens (tertiary/aromatic N) is 1. The molecule has 1 fully saturated rings. The number of hydrogen-bond acceptors (Lipinski definition) is 3. The molecule has 1 heterocycles. The molecular weight excluding hydrogens is 326 g/mol. The van der Waals surface area contributed by atoms with Gasteiger partial charge in [-0.15, -0.1) is 0 Å². The summed E-state index contributed by atoms with van der Waals surface area (Å²) in [6.45, 7) is 2.31. The third-order valence-corrected chi connectivity index (χ3v) is 5.26. The Hall–Kier alpha value is -1.79. The standard InChI is InChI=1S/C19H24F2N2O2/c1-25-18-6-4-5-17(23-9-2-3-10-23)14(18)12-22-19(24)13-7-8-15(20)16(21)11-13/h2-3,7-8,11,14,17-18H,4-6,9-10,12H2,1H3,(H,22,24). The van der Waals surface area contributed by atoms with Gasteiger partial charge >= 0.3 is 0 Å². The van der Waals surface area contributed by atoms with Gasteiger partial charge in [-0.25, -0.2) is 8.78 Å². The van der Waals surface area contributed by atoms with Crippen LogP contribution in [0.25, 0.3) is 0 Å². The van der Waals surface area contributed by atoms with E-state index in [4.69, 9.17) is 4.74 Å². The molecule has 136 valence electrons. The van der Waals surface area contributed by atoms with Gasteiger partial charge in [0.2, 0.25) is 0 Å². The van der Waals surface area contributed by atoms with Gasteiger partial charge in [0.1, 0.15) is 0 Å². The van der Waals surface area contributed by atoms with E-state index in [0.29, 0.717) is 12.6 Å². The predicted molar refractivity (Wildman–Crippen MR) is 91.3 cm³/mol. The lowest BCUT2D eigenvalue weighted by Crippen LogP contribution is -2.51. The summed E-state index contributed by atoms with van der Waals surface area (Å²) in [5.74, 6) is -2.18. The van der Waals surface area contributed by atoms with Crippen molar-refractivity contribution in [1.82, 2.24) is 10.2 Å². The molecule has 1 aliphatic carbocycles. The molecule has 0 saturated heterocycles. The van der Waals surface area contributed by atoms with E-state index < -0.39 is 17.5 Å². The van der Waals surface area contributed by atoms with E-state index in [1.807, 2.05) is 0 Å². The summed E-state index contributed by atoms with van der Waals surface area (Å²) in [6.07, 6.45) is 7.56. The van der Waals surface area contributed by atoms with Gasteiger partial charge in [0.15, 0.2) is 11.6 Å². The number of benzene rings is 1. The summed E-state index contributed by atoms with van der Waals surface area (Å²) in [5, 5.41) is 2.88. The third-order valence-electron chi connectivity index (χ3n) is 5.26. The van der Waals surface area contributed by atoms with Crippen molar-refractivity contribution < 1.29 is 18.3 Å². The number of nitrogens with one attached hydrogen (secondary N) is 1. The Morgan fingerprint density at radius 2 is 2.00 bits per heavy atom. The maximum Gasteiger partial charge on any atom is 0.251 e. The minimum atomic E-state index is -1.01. The maximum atomic E-state index is 13.3. The zero-order valence-corrected chi connectivity index (χ0v) is 14.4. The molecule has 3 atom stereocenters. The van der Waals surface area contributed by atoms with Crippen molar-refractivity contribution in [3.63, 3.8) is 0 Å². The molecule has 1 saturated carbocycles. The first kappa shape index (κ1) is 18.0. The second-order valence-electron chi connectivity index (χ2n) is 6.70. The lowest BCUT2D eigenvalue weighted by Gasteiger charge is -2.42. The monoisotopic (exact) mass is 350 g/mol. The topological polar surface area (TPSA) is 41.6 Å². The molecule has 2 aliphatic rings. The first-order chi connectivity index (χ1) is 12.1. The quantitative estimate of drug-likeness (QED) is 0.831. The lowest BCUT2D eigenvalue weighted by atomic mass is 9.81. The number of methoxy groups -OCH3 is 1. The Balaban J connectivity index is 1.66. The molecule has 0 bridgehead atoms. The van der Waals surface area contributed by atoms with Crippen LogP contribution < -0.4 is 5.32 Å². The minimum Gasteiger partial charge on any atom is -0.381 e. The molecule has 4 nitrogen and oxygen atoms in total. The van der Waals surface area contributed by atoms with E-state index in [-0.39, 0.29) is 17.6 Å². The summed E-state index contributed by atoms with van der Waals surface area (Å²) in [5.41, 5.74) is 0.128. The van der Waals surface area contributed by atoms with Crippen LogP contribution in [0, 0.1) is 17.6 Å². The number of halogens is 2. The molecule has 1 aliphatic heterocycles. The molecule has 1 amide bonds. The van der Waals surface area contributed by atoms with E-state index in [9.17, 15) is 13.6 Å². The Morgan fingerprint density at radius 3 is 2.68 bits per heavy atom. The smallest absolute Gasteiger partial charge is 0.251 e. The Morgan fingerprint density at radius 1 is 1.24 bits per heavy atom. The van der Waals surface area contributed by atoms with E-state index in [0.717, 1.165) is 44.5 Å². The van der Waals surface area contributed by atoms with Gasteiger partial charge in [-0.2, -0.15) is 0 Å². The first-order valence-electron chi connectivity index (χ1n) is 8.75. The van der Waals surface area contributed by atoms with Crippen LogP contribution in [0.5, 0.6) is 0 Å². The zero-order chi connectivity index (χ0) is 17.8. The highest BCUT2D eigenvalue weighted by Gasteiger charge is 2.37. The zero-order valence-electron chi connectivity index (χ0n) is 14.4. The number of ether oxygens (including phenoxy) is 1. The molecule has 25 heavy (non-hydrogen) atoms. The van der Waals surface area contributed by atoms with Gasteiger partial charge in [-0.3, -0.25) is 9.69 Å². The van der Waals surface area contributed by atoms with Crippen LogP contribution in [0.15, 0.2) is 30.4 Å². The molecule has 0 spiro atoms. The second-order valence-corrected chi connectivity index (χ2v) is 6.70. The van der Waals surface area contributed by atoms with E-state index in [1.54, 1.807) is 7.11 Å². The van der Waals surface area contributed by atoms with Crippen molar-refractivity contribution in [3.05, 3.63) is 47.5 Å². The van der Waals surface area contributed by atoms with Crippen LogP contribution in [-0.2, 0) is 4.74 Å². The summed E-state index contributed by atoms with van der Waals surface area (Å²) in [4.78, 5) is 14.7. The number of hydrogen-bond donors (Lipinski definition) is 1. The fraction of sp³-hybridized carbons (Fsp3) is 0.526. The second kappa shape index (κ2) is 8.06. The van der Waals surface area contributed by atoms with Gasteiger partial charge in [-0.1, -0.05) is 12.2 Å². The largest absolute Gasteiger partial charge is 0.381 e. The third kappa shape index (κ3) is 4.07. The minimum absolute atomic E-state index is 0.0876. The molecule has 3 rings (SSSR count). The summed E-state index contributed by atoms with van der Waals surface area (Å²) >= 11 is 0. The normalized spacial score (nSPS) is 26.8. The Kier molecular flexibility index (Phi) is 5.81. The summed E-state index contributed by atoms with van der Waals surface area (Å²) in [7, 11) is 1.71. The van der Waals surface area contributed by atoms with Crippen LogP contribution >= 0.6 is 0 Å². The van der Waals surface area contributed by atoms with Crippen LogP contribution in [-0.4, -0.2) is 49.7 Å². The molecule has 3 unspecified atom stereocenters. The summed E-state index contributed by atoms with van der Waals surface area (Å²) < 4.78 is 32.0. The number of amides is 1. The van der Waals surface area contributed by atoms with Crippen LogP contribution in [0.3, 0.4) is 0 Å². The van der Waals surface area contributed by atoms with Gasteiger partial charge in [-0.05, 0) is 37.5 Å². The average molecular weight is 350 g/mol. The van der Waals surface area contributed by atoms with Gasteiger partial charge in [0.05, 0.1) is 6.10 Å². The van der Waals surface area contributed by atoms with Gasteiger partial charge in [0, 0.05) is 44.3 Å². The van der Waals surface area contributed by atoms with E-state index >= 15 is 0 Å². The Labute approximate surface area is 146 Å². The maximum absolute atomic E-state index is 13.3. The molecule has 1 aromatic carbocycles. The molecule has 1 aromatic rings. The van der Waals surface area contributed by atoms with Crippen molar-refractivity contribution in [2.75, 3.05) is 26.7 Å². The fourth-order valence-electron chi connectivity index (χ4n) is 3.93. The van der Waals surface area contributed by atoms with Crippen LogP contribution in [0.4, 0.5) is 8.78 Å². The van der Waals surface area contributed by atoms with Gasteiger partial charge < -0.3 is 10.1 Å². The Bertz CT molecular complexity index is 642.